The molecule has 1 amide bonds. The van der Waals surface area contributed by atoms with Gasteiger partial charge in [-0.3, -0.25) is 10.2 Å². The van der Waals surface area contributed by atoms with E-state index in [2.05, 4.69) is 20.7 Å². The minimum absolute atomic E-state index is 0.215. The number of hydrogen-bond donors (Lipinski definition) is 3. The van der Waals surface area contributed by atoms with Gasteiger partial charge in [-0.2, -0.15) is 0 Å². The summed E-state index contributed by atoms with van der Waals surface area (Å²) < 4.78 is 5.37. The lowest BCUT2D eigenvalue weighted by Crippen LogP contribution is -2.33. The largest absolute Gasteiger partial charge is 0.381 e. The highest BCUT2D eigenvalue weighted by molar-refractivity contribution is 5.92. The molecule has 7 heteroatoms. The van der Waals surface area contributed by atoms with Crippen molar-refractivity contribution < 1.29 is 9.53 Å². The van der Waals surface area contributed by atoms with Gasteiger partial charge in [0.2, 0.25) is 5.95 Å². The standard InChI is InChI=1S/C12H19N5O2/c1-8-5-10(16-12(15-8)17-13)11(18)14-6-9-3-2-4-19-7-9/h5,9H,2-4,6-7,13H2,1H3,(H,14,18)(H,15,16,17). The van der Waals surface area contributed by atoms with E-state index in [0.717, 1.165) is 19.4 Å². The first-order valence-corrected chi connectivity index (χ1v) is 6.37. The molecule has 1 aromatic heterocycles. The molecule has 1 fully saturated rings. The molecule has 2 heterocycles. The third-order valence-corrected chi connectivity index (χ3v) is 3.02. The van der Waals surface area contributed by atoms with E-state index in [4.69, 9.17) is 10.6 Å². The molecule has 1 saturated heterocycles. The Morgan fingerprint density at radius 1 is 1.58 bits per heavy atom. The average Bonchev–Trinajstić information content (AvgIpc) is 2.45. The maximum absolute atomic E-state index is 12.0. The van der Waals surface area contributed by atoms with Crippen LogP contribution in [0.5, 0.6) is 0 Å². The molecule has 1 aromatic rings. The van der Waals surface area contributed by atoms with E-state index >= 15 is 0 Å². The summed E-state index contributed by atoms with van der Waals surface area (Å²) in [4.78, 5) is 20.1. The molecule has 0 bridgehead atoms. The molecule has 0 saturated carbocycles. The molecule has 0 aliphatic carbocycles. The van der Waals surface area contributed by atoms with Crippen molar-refractivity contribution in [3.8, 4) is 0 Å². The van der Waals surface area contributed by atoms with Gasteiger partial charge in [0.05, 0.1) is 6.61 Å². The number of amides is 1. The number of aromatic nitrogens is 2. The van der Waals surface area contributed by atoms with Gasteiger partial charge in [0, 0.05) is 18.8 Å². The van der Waals surface area contributed by atoms with Gasteiger partial charge in [-0.25, -0.2) is 15.8 Å². The van der Waals surface area contributed by atoms with Gasteiger partial charge >= 0.3 is 0 Å². The van der Waals surface area contributed by atoms with E-state index in [1.807, 2.05) is 0 Å². The van der Waals surface area contributed by atoms with Crippen molar-refractivity contribution in [1.29, 1.82) is 0 Å². The quantitative estimate of drug-likeness (QED) is 0.532. The summed E-state index contributed by atoms with van der Waals surface area (Å²) in [5, 5.41) is 2.87. The smallest absolute Gasteiger partial charge is 0.270 e. The van der Waals surface area contributed by atoms with Gasteiger partial charge in [-0.15, -0.1) is 0 Å². The second kappa shape index (κ2) is 6.44. The summed E-state index contributed by atoms with van der Waals surface area (Å²) in [6.45, 7) is 3.92. The maximum Gasteiger partial charge on any atom is 0.270 e. The fourth-order valence-corrected chi connectivity index (χ4v) is 2.05. The number of aryl methyl sites for hydroxylation is 1. The number of nitrogens with one attached hydrogen (secondary N) is 2. The van der Waals surface area contributed by atoms with Gasteiger partial charge < -0.3 is 10.1 Å². The molecule has 1 unspecified atom stereocenters. The van der Waals surface area contributed by atoms with Crippen molar-refractivity contribution >= 4 is 11.9 Å². The summed E-state index contributed by atoms with van der Waals surface area (Å²) in [6.07, 6.45) is 2.13. The van der Waals surface area contributed by atoms with E-state index in [-0.39, 0.29) is 11.9 Å². The minimum atomic E-state index is -0.215. The van der Waals surface area contributed by atoms with E-state index in [9.17, 15) is 4.79 Å². The lowest BCUT2D eigenvalue weighted by atomic mass is 10.0. The highest BCUT2D eigenvalue weighted by atomic mass is 16.5. The number of carbonyl (C=O) groups excluding carboxylic acids is 1. The fraction of sp³-hybridized carbons (Fsp3) is 0.583. The van der Waals surface area contributed by atoms with Crippen molar-refractivity contribution in [2.45, 2.75) is 19.8 Å². The normalized spacial score (nSPS) is 18.9. The maximum atomic E-state index is 12.0. The van der Waals surface area contributed by atoms with Crippen LogP contribution in [-0.2, 0) is 4.74 Å². The first kappa shape index (κ1) is 13.7. The number of hydrazine groups is 1. The Morgan fingerprint density at radius 3 is 3.11 bits per heavy atom. The van der Waals surface area contributed by atoms with Gasteiger partial charge in [-0.05, 0) is 31.7 Å². The summed E-state index contributed by atoms with van der Waals surface area (Å²) in [6, 6.07) is 1.63. The Balaban J connectivity index is 1.93. The molecule has 0 aromatic carbocycles. The van der Waals surface area contributed by atoms with Crippen LogP contribution < -0.4 is 16.6 Å². The zero-order valence-electron chi connectivity index (χ0n) is 11.0. The van der Waals surface area contributed by atoms with E-state index in [0.29, 0.717) is 30.5 Å². The van der Waals surface area contributed by atoms with Gasteiger partial charge in [-0.1, -0.05) is 0 Å². The van der Waals surface area contributed by atoms with Crippen molar-refractivity contribution in [3.63, 3.8) is 0 Å². The third kappa shape index (κ3) is 3.87. The molecule has 1 aliphatic heterocycles. The topological polar surface area (TPSA) is 102 Å². The molecule has 2 rings (SSSR count). The Bertz CT molecular complexity index is 446. The van der Waals surface area contributed by atoms with E-state index in [1.54, 1.807) is 13.0 Å². The monoisotopic (exact) mass is 265 g/mol. The van der Waals surface area contributed by atoms with Crippen LogP contribution in [0.4, 0.5) is 5.95 Å². The summed E-state index contributed by atoms with van der Waals surface area (Å²) in [5.74, 6) is 5.66. The summed E-state index contributed by atoms with van der Waals surface area (Å²) in [5.41, 5.74) is 3.35. The second-order valence-corrected chi connectivity index (χ2v) is 4.66. The molecule has 7 nitrogen and oxygen atoms in total. The van der Waals surface area contributed by atoms with Gasteiger partial charge in [0.1, 0.15) is 5.69 Å². The van der Waals surface area contributed by atoms with Crippen molar-refractivity contribution in [1.82, 2.24) is 15.3 Å². The number of hydrogen-bond acceptors (Lipinski definition) is 6. The van der Waals surface area contributed by atoms with Crippen molar-refractivity contribution in [2.24, 2.45) is 11.8 Å². The number of nitrogen functional groups attached to an aromatic ring is 1. The number of anilines is 1. The lowest BCUT2D eigenvalue weighted by Gasteiger charge is -2.22. The number of nitrogens with zero attached hydrogens (tertiary/aromatic N) is 2. The molecular weight excluding hydrogens is 246 g/mol. The van der Waals surface area contributed by atoms with E-state index in [1.165, 1.54) is 0 Å². The Kier molecular flexibility index (Phi) is 4.64. The Hall–Kier alpha value is -1.73. The number of carbonyl (C=O) groups is 1. The number of rotatable bonds is 4. The van der Waals surface area contributed by atoms with E-state index < -0.39 is 0 Å². The average molecular weight is 265 g/mol. The first-order valence-electron chi connectivity index (χ1n) is 6.37. The number of ether oxygens (including phenoxy) is 1. The fourth-order valence-electron chi connectivity index (χ4n) is 2.05. The van der Waals surface area contributed by atoms with Crippen LogP contribution in [-0.4, -0.2) is 35.6 Å². The predicted molar refractivity (Wildman–Crippen MR) is 70.5 cm³/mol. The van der Waals surface area contributed by atoms with Crippen LogP contribution >= 0.6 is 0 Å². The minimum Gasteiger partial charge on any atom is -0.381 e. The van der Waals surface area contributed by atoms with Gasteiger partial charge in [0.15, 0.2) is 0 Å². The SMILES string of the molecule is Cc1cc(C(=O)NCC2CCCOC2)nc(NN)n1. The molecule has 0 spiro atoms. The van der Waals surface area contributed by atoms with Gasteiger partial charge in [0.25, 0.3) is 5.91 Å². The van der Waals surface area contributed by atoms with Crippen LogP contribution in [0.1, 0.15) is 29.0 Å². The molecule has 19 heavy (non-hydrogen) atoms. The van der Waals surface area contributed by atoms with Crippen LogP contribution in [0, 0.1) is 12.8 Å². The Morgan fingerprint density at radius 2 is 2.42 bits per heavy atom. The third-order valence-electron chi connectivity index (χ3n) is 3.02. The van der Waals surface area contributed by atoms with Crippen LogP contribution in [0.2, 0.25) is 0 Å². The van der Waals surface area contributed by atoms with Crippen LogP contribution in [0.3, 0.4) is 0 Å². The molecule has 4 N–H and O–H groups in total. The molecule has 104 valence electrons. The number of nitrogens with two attached hydrogens (primary N) is 1. The first-order chi connectivity index (χ1) is 9.19. The molecule has 0 radical (unpaired) electrons. The molecule has 1 atom stereocenters. The lowest BCUT2D eigenvalue weighted by molar-refractivity contribution is 0.0535. The van der Waals surface area contributed by atoms with Crippen molar-refractivity contribution in [3.05, 3.63) is 17.5 Å². The van der Waals surface area contributed by atoms with Crippen molar-refractivity contribution in [2.75, 3.05) is 25.2 Å². The molecule has 1 aliphatic rings. The van der Waals surface area contributed by atoms with Crippen LogP contribution in [0.15, 0.2) is 6.07 Å². The highest BCUT2D eigenvalue weighted by Crippen LogP contribution is 2.12. The summed E-state index contributed by atoms with van der Waals surface area (Å²) >= 11 is 0. The zero-order valence-corrected chi connectivity index (χ0v) is 11.0. The summed E-state index contributed by atoms with van der Waals surface area (Å²) in [7, 11) is 0. The highest BCUT2D eigenvalue weighted by Gasteiger charge is 2.16. The molecular formula is C12H19N5O2. The Labute approximate surface area is 111 Å². The second-order valence-electron chi connectivity index (χ2n) is 4.66. The predicted octanol–water partition coefficient (Wildman–Crippen LogP) is 0.227. The van der Waals surface area contributed by atoms with Crippen LogP contribution in [0.25, 0.3) is 0 Å². The zero-order chi connectivity index (χ0) is 13.7.